The molecule has 0 unspecified atom stereocenters. The van der Waals surface area contributed by atoms with Crippen LogP contribution < -0.4 is 14.2 Å². The molecule has 1 N–H and O–H groups in total. The highest BCUT2D eigenvalue weighted by Gasteiger charge is 2.35. The Morgan fingerprint density at radius 3 is 3.04 bits per heavy atom. The van der Waals surface area contributed by atoms with E-state index in [9.17, 15) is 5.21 Å². The third-order valence-corrected chi connectivity index (χ3v) is 4.86. The Morgan fingerprint density at radius 2 is 2.32 bits per heavy atom. The lowest BCUT2D eigenvalue weighted by Crippen LogP contribution is -2.34. The predicted molar refractivity (Wildman–Crippen MR) is 89.8 cm³/mol. The Morgan fingerprint density at radius 1 is 1.44 bits per heavy atom. The zero-order chi connectivity index (χ0) is 17.4. The van der Waals surface area contributed by atoms with Gasteiger partial charge in [-0.3, -0.25) is 4.90 Å². The van der Waals surface area contributed by atoms with E-state index in [0.717, 1.165) is 24.3 Å². The molecule has 0 radical (unpaired) electrons. The number of furan rings is 1. The van der Waals surface area contributed by atoms with Crippen LogP contribution in [0.2, 0.25) is 0 Å². The first-order valence-corrected chi connectivity index (χ1v) is 8.17. The van der Waals surface area contributed by atoms with E-state index >= 15 is 0 Å². The molecule has 1 atom stereocenters. The average molecular weight is 344 g/mol. The predicted octanol–water partition coefficient (Wildman–Crippen LogP) is 2.81. The number of nitrogens with zero attached hydrogens (tertiary/aromatic N) is 2. The number of hydrogen-bond acceptors (Lipinski definition) is 7. The summed E-state index contributed by atoms with van der Waals surface area (Å²) in [6.45, 7) is 1.09. The third-order valence-electron chi connectivity index (χ3n) is 4.86. The van der Waals surface area contributed by atoms with Crippen LogP contribution in [-0.4, -0.2) is 43.3 Å². The molecular weight excluding hydrogens is 324 g/mol. The SMILES string of the molecule is COc1c2c(cc3c1[C@@H](CC(=NO)c1ccco1)N(C)CC3)OCO2. The second kappa shape index (κ2) is 6.33. The Balaban J connectivity index is 1.77. The quantitative estimate of drug-likeness (QED) is 0.522. The summed E-state index contributed by atoms with van der Waals surface area (Å²) in [7, 11) is 3.69. The summed E-state index contributed by atoms with van der Waals surface area (Å²) in [6.07, 6.45) is 2.95. The van der Waals surface area contributed by atoms with Gasteiger partial charge in [0.25, 0.3) is 0 Å². The van der Waals surface area contributed by atoms with Crippen molar-refractivity contribution in [2.24, 2.45) is 5.16 Å². The van der Waals surface area contributed by atoms with Crippen LogP contribution in [0.5, 0.6) is 17.2 Å². The second-order valence-electron chi connectivity index (χ2n) is 6.19. The highest BCUT2D eigenvalue weighted by molar-refractivity contribution is 5.98. The minimum Gasteiger partial charge on any atom is -0.492 e. The number of ether oxygens (including phenoxy) is 3. The van der Waals surface area contributed by atoms with Crippen LogP contribution >= 0.6 is 0 Å². The normalized spacial score (nSPS) is 19.8. The number of methoxy groups -OCH3 is 1. The van der Waals surface area contributed by atoms with Gasteiger partial charge in [0.05, 0.1) is 13.4 Å². The van der Waals surface area contributed by atoms with Gasteiger partial charge in [0.1, 0.15) is 5.71 Å². The lowest BCUT2D eigenvalue weighted by Gasteiger charge is -2.35. The van der Waals surface area contributed by atoms with Gasteiger partial charge in [0.15, 0.2) is 17.3 Å². The Bertz CT molecular complexity index is 800. The molecule has 7 heteroatoms. The molecule has 2 aliphatic heterocycles. The van der Waals surface area contributed by atoms with Crippen molar-refractivity contribution >= 4 is 5.71 Å². The van der Waals surface area contributed by atoms with E-state index in [1.54, 1.807) is 25.5 Å². The summed E-state index contributed by atoms with van der Waals surface area (Å²) in [5.41, 5.74) is 2.71. The zero-order valence-corrected chi connectivity index (χ0v) is 14.2. The molecule has 1 aromatic heterocycles. The molecular formula is C18H20N2O5. The van der Waals surface area contributed by atoms with E-state index in [2.05, 4.69) is 17.1 Å². The van der Waals surface area contributed by atoms with Gasteiger partial charge < -0.3 is 23.8 Å². The van der Waals surface area contributed by atoms with Crippen LogP contribution in [0.4, 0.5) is 0 Å². The monoisotopic (exact) mass is 344 g/mol. The summed E-state index contributed by atoms with van der Waals surface area (Å²) in [5, 5.41) is 12.9. The molecule has 4 rings (SSSR count). The number of hydrogen-bond donors (Lipinski definition) is 1. The molecule has 0 fully saturated rings. The van der Waals surface area contributed by atoms with Gasteiger partial charge in [0, 0.05) is 24.6 Å². The Kier molecular flexibility index (Phi) is 4.01. The van der Waals surface area contributed by atoms with Crippen molar-refractivity contribution in [2.45, 2.75) is 18.9 Å². The number of likely N-dealkylation sites (N-methyl/N-ethyl adjacent to an activating group) is 1. The first kappa shape index (κ1) is 15.8. The summed E-state index contributed by atoms with van der Waals surface area (Å²) in [5.74, 6) is 2.61. The lowest BCUT2D eigenvalue weighted by molar-refractivity contribution is 0.170. The van der Waals surface area contributed by atoms with Gasteiger partial charge in [-0.05, 0) is 37.2 Å². The molecule has 1 aromatic carbocycles. The molecule has 0 amide bonds. The van der Waals surface area contributed by atoms with E-state index in [1.165, 1.54) is 5.56 Å². The maximum Gasteiger partial charge on any atom is 0.231 e. The van der Waals surface area contributed by atoms with Crippen LogP contribution in [0.1, 0.15) is 29.3 Å². The fourth-order valence-corrected chi connectivity index (χ4v) is 3.60. The van der Waals surface area contributed by atoms with Crippen LogP contribution in [0.3, 0.4) is 0 Å². The average Bonchev–Trinajstić information content (AvgIpc) is 3.30. The van der Waals surface area contributed by atoms with Gasteiger partial charge in [-0.25, -0.2) is 0 Å². The van der Waals surface area contributed by atoms with Crippen molar-refractivity contribution < 1.29 is 23.8 Å². The molecule has 2 aliphatic rings. The third kappa shape index (κ3) is 2.60. The smallest absolute Gasteiger partial charge is 0.231 e. The summed E-state index contributed by atoms with van der Waals surface area (Å²) < 4.78 is 22.2. The van der Waals surface area contributed by atoms with Crippen LogP contribution in [0.15, 0.2) is 34.0 Å². The first-order valence-electron chi connectivity index (χ1n) is 8.17. The number of oxime groups is 1. The maximum absolute atomic E-state index is 9.48. The van der Waals surface area contributed by atoms with Gasteiger partial charge in [-0.1, -0.05) is 5.16 Å². The van der Waals surface area contributed by atoms with Gasteiger partial charge in [0.2, 0.25) is 12.5 Å². The van der Waals surface area contributed by atoms with Gasteiger partial charge in [-0.15, -0.1) is 0 Å². The van der Waals surface area contributed by atoms with Crippen molar-refractivity contribution in [2.75, 3.05) is 27.5 Å². The molecule has 3 heterocycles. The van der Waals surface area contributed by atoms with Crippen LogP contribution in [0, 0.1) is 0 Å². The fraction of sp³-hybridized carbons (Fsp3) is 0.389. The topological polar surface area (TPSA) is 76.7 Å². The van der Waals surface area contributed by atoms with Gasteiger partial charge >= 0.3 is 0 Å². The Labute approximate surface area is 145 Å². The van der Waals surface area contributed by atoms with E-state index in [-0.39, 0.29) is 12.8 Å². The highest BCUT2D eigenvalue weighted by atomic mass is 16.7. The standard InChI is InChI=1S/C18H20N2O5/c1-20-6-5-11-8-15-17(25-10-24-15)18(22-2)16(11)13(20)9-12(19-21)14-4-3-7-23-14/h3-4,7-8,13,21H,5-6,9-10H2,1-2H3/t13-/m1/s1. The van der Waals surface area contributed by atoms with Crippen molar-refractivity contribution in [1.82, 2.24) is 4.90 Å². The minimum atomic E-state index is -0.0239. The fourth-order valence-electron chi connectivity index (χ4n) is 3.60. The maximum atomic E-state index is 9.48. The summed E-state index contributed by atoms with van der Waals surface area (Å²) in [4.78, 5) is 2.22. The minimum absolute atomic E-state index is 0.0239. The Hall–Kier alpha value is -2.67. The molecule has 0 aliphatic carbocycles. The lowest BCUT2D eigenvalue weighted by atomic mass is 9.88. The molecule has 0 saturated heterocycles. The second-order valence-corrected chi connectivity index (χ2v) is 6.19. The number of fused-ring (bicyclic) bond motifs is 2. The van der Waals surface area contributed by atoms with Crippen molar-refractivity contribution in [3.05, 3.63) is 41.3 Å². The number of benzene rings is 1. The summed E-state index contributed by atoms with van der Waals surface area (Å²) in [6, 6.07) is 5.57. The molecule has 25 heavy (non-hydrogen) atoms. The van der Waals surface area contributed by atoms with E-state index in [0.29, 0.717) is 29.4 Å². The van der Waals surface area contributed by atoms with Crippen molar-refractivity contribution in [3.63, 3.8) is 0 Å². The van der Waals surface area contributed by atoms with E-state index in [1.807, 2.05) is 6.07 Å². The summed E-state index contributed by atoms with van der Waals surface area (Å²) >= 11 is 0. The molecule has 0 bridgehead atoms. The van der Waals surface area contributed by atoms with Crippen molar-refractivity contribution in [1.29, 1.82) is 0 Å². The molecule has 2 aromatic rings. The first-order chi connectivity index (χ1) is 12.2. The van der Waals surface area contributed by atoms with E-state index < -0.39 is 0 Å². The van der Waals surface area contributed by atoms with Crippen LogP contribution in [-0.2, 0) is 6.42 Å². The molecule has 0 saturated carbocycles. The highest BCUT2D eigenvalue weighted by Crippen LogP contribution is 2.50. The van der Waals surface area contributed by atoms with E-state index in [4.69, 9.17) is 18.6 Å². The number of rotatable bonds is 4. The largest absolute Gasteiger partial charge is 0.492 e. The van der Waals surface area contributed by atoms with Crippen molar-refractivity contribution in [3.8, 4) is 17.2 Å². The molecule has 0 spiro atoms. The van der Waals surface area contributed by atoms with Gasteiger partial charge in [-0.2, -0.15) is 0 Å². The van der Waals surface area contributed by atoms with Crippen LogP contribution in [0.25, 0.3) is 0 Å². The zero-order valence-electron chi connectivity index (χ0n) is 14.2. The molecule has 7 nitrogen and oxygen atoms in total. The molecule has 132 valence electrons.